The van der Waals surface area contributed by atoms with Gasteiger partial charge in [-0.2, -0.15) is 5.43 Å². The Morgan fingerprint density at radius 3 is 2.54 bits per heavy atom. The molecule has 1 saturated heterocycles. The molecule has 3 rings (SSSR count). The first kappa shape index (κ1) is 18.3. The van der Waals surface area contributed by atoms with Crippen LogP contribution in [0.1, 0.15) is 21.5 Å². The van der Waals surface area contributed by atoms with Crippen LogP contribution in [0.25, 0.3) is 0 Å². The number of hydrogen-bond donors (Lipinski definition) is 5. The Bertz CT molecular complexity index is 796. The number of hydrazine groups is 2. The maximum atomic E-state index is 12.3. The standard InChI is InChI=1S/C18H20ClN5O2/c1-11-6-8-12(9-7-11)10-15-17(26)20-18(23-21-15)24-22-16(25)13-4-2-3-5-14(13)19/h2-9,15,18,21,23-24H,10H2,1H3,(H,20,26)(H,22,25). The third-order valence-corrected chi connectivity index (χ3v) is 4.34. The van der Waals surface area contributed by atoms with Gasteiger partial charge in [0.15, 0.2) is 6.29 Å². The number of benzene rings is 2. The van der Waals surface area contributed by atoms with E-state index in [-0.39, 0.29) is 5.91 Å². The molecule has 0 aromatic heterocycles. The molecule has 1 aliphatic heterocycles. The van der Waals surface area contributed by atoms with Crippen molar-refractivity contribution in [1.82, 2.24) is 27.0 Å². The van der Waals surface area contributed by atoms with Gasteiger partial charge < -0.3 is 5.32 Å². The molecule has 2 unspecified atom stereocenters. The lowest BCUT2D eigenvalue weighted by Crippen LogP contribution is -2.72. The van der Waals surface area contributed by atoms with E-state index in [1.807, 2.05) is 31.2 Å². The number of amides is 2. The lowest BCUT2D eigenvalue weighted by molar-refractivity contribution is -0.127. The van der Waals surface area contributed by atoms with Crippen LogP contribution in [0, 0.1) is 6.92 Å². The first-order valence-corrected chi connectivity index (χ1v) is 8.58. The van der Waals surface area contributed by atoms with Crippen LogP contribution in [0.3, 0.4) is 0 Å². The second-order valence-electron chi connectivity index (χ2n) is 6.05. The molecule has 2 aromatic carbocycles. The molecule has 26 heavy (non-hydrogen) atoms. The van der Waals surface area contributed by atoms with Crippen molar-refractivity contribution in [2.45, 2.75) is 25.7 Å². The molecule has 1 heterocycles. The maximum Gasteiger partial charge on any atom is 0.266 e. The Morgan fingerprint density at radius 1 is 1.12 bits per heavy atom. The highest BCUT2D eigenvalue weighted by atomic mass is 35.5. The predicted molar refractivity (Wildman–Crippen MR) is 98.9 cm³/mol. The zero-order valence-corrected chi connectivity index (χ0v) is 14.9. The summed E-state index contributed by atoms with van der Waals surface area (Å²) in [6, 6.07) is 14.3. The highest BCUT2D eigenvalue weighted by Gasteiger charge is 2.27. The lowest BCUT2D eigenvalue weighted by atomic mass is 10.0. The molecule has 0 spiro atoms. The van der Waals surface area contributed by atoms with Crippen molar-refractivity contribution in [3.63, 3.8) is 0 Å². The second kappa shape index (κ2) is 8.29. The van der Waals surface area contributed by atoms with Gasteiger partial charge in [0.05, 0.1) is 10.6 Å². The Kier molecular flexibility index (Phi) is 5.85. The molecule has 136 valence electrons. The third kappa shape index (κ3) is 4.59. The minimum Gasteiger partial charge on any atom is -0.324 e. The van der Waals surface area contributed by atoms with Crippen LogP contribution in [-0.2, 0) is 11.2 Å². The smallest absolute Gasteiger partial charge is 0.266 e. The summed E-state index contributed by atoms with van der Waals surface area (Å²) in [6.45, 7) is 2.02. The molecule has 0 aliphatic carbocycles. The van der Waals surface area contributed by atoms with Crippen molar-refractivity contribution in [3.8, 4) is 0 Å². The average Bonchev–Trinajstić information content (AvgIpc) is 2.64. The van der Waals surface area contributed by atoms with E-state index < -0.39 is 18.2 Å². The number of carbonyl (C=O) groups excluding carboxylic acids is 2. The average molecular weight is 374 g/mol. The van der Waals surface area contributed by atoms with E-state index >= 15 is 0 Å². The van der Waals surface area contributed by atoms with Gasteiger partial charge in [-0.05, 0) is 31.0 Å². The first-order valence-electron chi connectivity index (χ1n) is 8.20. The number of hydrogen-bond acceptors (Lipinski definition) is 5. The van der Waals surface area contributed by atoms with Crippen molar-refractivity contribution in [2.24, 2.45) is 0 Å². The highest BCUT2D eigenvalue weighted by molar-refractivity contribution is 6.33. The summed E-state index contributed by atoms with van der Waals surface area (Å²) in [5.41, 5.74) is 13.7. The van der Waals surface area contributed by atoms with E-state index in [1.54, 1.807) is 24.3 Å². The summed E-state index contributed by atoms with van der Waals surface area (Å²) in [5, 5.41) is 3.10. The van der Waals surface area contributed by atoms with Gasteiger partial charge in [-0.15, -0.1) is 0 Å². The van der Waals surface area contributed by atoms with Crippen LogP contribution in [-0.4, -0.2) is 24.1 Å². The molecule has 2 aromatic rings. The minimum absolute atomic E-state index is 0.172. The number of halogens is 1. The molecule has 0 saturated carbocycles. The van der Waals surface area contributed by atoms with Crippen LogP contribution in [0.2, 0.25) is 5.02 Å². The summed E-state index contributed by atoms with van der Waals surface area (Å²) in [5.74, 6) is -0.567. The molecular weight excluding hydrogens is 354 g/mol. The molecule has 0 radical (unpaired) electrons. The molecule has 1 fully saturated rings. The monoisotopic (exact) mass is 373 g/mol. The Labute approximate surface area is 156 Å². The number of carbonyl (C=O) groups is 2. The van der Waals surface area contributed by atoms with Gasteiger partial charge in [-0.1, -0.05) is 53.6 Å². The zero-order valence-electron chi connectivity index (χ0n) is 14.2. The predicted octanol–water partition coefficient (Wildman–Crippen LogP) is 1.00. The van der Waals surface area contributed by atoms with Crippen LogP contribution >= 0.6 is 11.6 Å². The molecular formula is C18H20ClN5O2. The summed E-state index contributed by atoms with van der Waals surface area (Å²) >= 11 is 5.98. The fourth-order valence-electron chi connectivity index (χ4n) is 2.55. The van der Waals surface area contributed by atoms with E-state index in [1.165, 1.54) is 5.56 Å². The SMILES string of the molecule is Cc1ccc(CC2NNC(NNC(=O)c3ccccc3Cl)NC2=O)cc1. The van der Waals surface area contributed by atoms with Crippen molar-refractivity contribution in [3.05, 3.63) is 70.2 Å². The van der Waals surface area contributed by atoms with Gasteiger partial charge >= 0.3 is 0 Å². The summed E-state index contributed by atoms with van der Waals surface area (Å²) in [7, 11) is 0. The molecule has 2 atom stereocenters. The normalized spacial score (nSPS) is 19.7. The largest absolute Gasteiger partial charge is 0.324 e. The van der Waals surface area contributed by atoms with Crippen LogP contribution in [0.15, 0.2) is 48.5 Å². The first-order chi connectivity index (χ1) is 12.5. The Balaban J connectivity index is 1.49. The van der Waals surface area contributed by atoms with Crippen molar-refractivity contribution >= 4 is 23.4 Å². The van der Waals surface area contributed by atoms with E-state index in [9.17, 15) is 9.59 Å². The number of nitrogens with one attached hydrogen (secondary N) is 5. The van der Waals surface area contributed by atoms with Gasteiger partial charge in [0.25, 0.3) is 5.91 Å². The minimum atomic E-state index is -0.650. The molecule has 2 amide bonds. The van der Waals surface area contributed by atoms with Crippen LogP contribution in [0.4, 0.5) is 0 Å². The van der Waals surface area contributed by atoms with Crippen molar-refractivity contribution in [1.29, 1.82) is 0 Å². The molecule has 1 aliphatic rings. The van der Waals surface area contributed by atoms with Gasteiger partial charge in [0.1, 0.15) is 6.04 Å². The molecule has 5 N–H and O–H groups in total. The highest BCUT2D eigenvalue weighted by Crippen LogP contribution is 2.14. The van der Waals surface area contributed by atoms with Crippen LogP contribution < -0.4 is 27.0 Å². The summed E-state index contributed by atoms with van der Waals surface area (Å²) in [4.78, 5) is 24.4. The Morgan fingerprint density at radius 2 is 1.85 bits per heavy atom. The van der Waals surface area contributed by atoms with E-state index in [4.69, 9.17) is 11.6 Å². The van der Waals surface area contributed by atoms with E-state index in [2.05, 4.69) is 27.0 Å². The van der Waals surface area contributed by atoms with Gasteiger partial charge in [-0.25, -0.2) is 10.9 Å². The fourth-order valence-corrected chi connectivity index (χ4v) is 2.78. The van der Waals surface area contributed by atoms with E-state index in [0.29, 0.717) is 17.0 Å². The maximum absolute atomic E-state index is 12.3. The zero-order chi connectivity index (χ0) is 18.5. The number of aryl methyl sites for hydroxylation is 1. The second-order valence-corrected chi connectivity index (χ2v) is 6.46. The van der Waals surface area contributed by atoms with Crippen LogP contribution in [0.5, 0.6) is 0 Å². The van der Waals surface area contributed by atoms with Crippen molar-refractivity contribution in [2.75, 3.05) is 0 Å². The molecule has 7 nitrogen and oxygen atoms in total. The van der Waals surface area contributed by atoms with Gasteiger partial charge in [0.2, 0.25) is 5.91 Å². The van der Waals surface area contributed by atoms with Gasteiger partial charge in [0, 0.05) is 0 Å². The lowest BCUT2D eigenvalue weighted by Gasteiger charge is -2.31. The van der Waals surface area contributed by atoms with E-state index in [0.717, 1.165) is 5.56 Å². The summed E-state index contributed by atoms with van der Waals surface area (Å²) < 4.78 is 0. The number of rotatable bonds is 5. The third-order valence-electron chi connectivity index (χ3n) is 4.01. The quantitative estimate of drug-likeness (QED) is 0.504. The fraction of sp³-hybridized carbons (Fsp3) is 0.222. The summed E-state index contributed by atoms with van der Waals surface area (Å²) in [6.07, 6.45) is -0.0964. The van der Waals surface area contributed by atoms with Gasteiger partial charge in [-0.3, -0.25) is 15.0 Å². The molecule has 8 heteroatoms. The molecule has 0 bridgehead atoms. The van der Waals surface area contributed by atoms with Crippen molar-refractivity contribution < 1.29 is 9.59 Å². The Hall–Kier alpha value is -2.45. The topological polar surface area (TPSA) is 94.3 Å².